The third-order valence-corrected chi connectivity index (χ3v) is 5.14. The van der Waals surface area contributed by atoms with Crippen LogP contribution < -0.4 is 0 Å². The Hall–Kier alpha value is -1.03. The highest BCUT2D eigenvalue weighted by Crippen LogP contribution is 2.28. The maximum absolute atomic E-state index is 12.3. The van der Waals surface area contributed by atoms with Crippen LogP contribution in [0.3, 0.4) is 0 Å². The van der Waals surface area contributed by atoms with Gasteiger partial charge in [0, 0.05) is 15.6 Å². The summed E-state index contributed by atoms with van der Waals surface area (Å²) in [5.41, 5.74) is 1.45. The second-order valence-corrected chi connectivity index (χ2v) is 7.08. The highest BCUT2D eigenvalue weighted by Gasteiger charge is 2.18. The first-order valence-electron chi connectivity index (χ1n) is 5.62. The molecule has 2 rings (SSSR count). The molecule has 100 valence electrons. The van der Waals surface area contributed by atoms with E-state index < -0.39 is 9.84 Å². The van der Waals surface area contributed by atoms with Crippen molar-refractivity contribution >= 4 is 33.0 Å². The van der Waals surface area contributed by atoms with Gasteiger partial charge in [-0.3, -0.25) is 0 Å². The molecule has 0 aromatic heterocycles. The minimum Gasteiger partial charge on any atom is -0.223 e. The Labute approximate surface area is 122 Å². The zero-order valence-corrected chi connectivity index (χ0v) is 12.6. The van der Waals surface area contributed by atoms with Crippen molar-refractivity contribution in [1.29, 1.82) is 0 Å². The van der Waals surface area contributed by atoms with Gasteiger partial charge in [0.05, 0.1) is 10.6 Å². The third-order valence-electron chi connectivity index (χ3n) is 2.78. The van der Waals surface area contributed by atoms with Crippen molar-refractivity contribution in [3.05, 3.63) is 63.6 Å². The Morgan fingerprint density at radius 2 is 1.47 bits per heavy atom. The van der Waals surface area contributed by atoms with E-state index >= 15 is 0 Å². The van der Waals surface area contributed by atoms with Gasteiger partial charge in [-0.2, -0.15) is 0 Å². The molecule has 5 heteroatoms. The molecule has 2 aromatic carbocycles. The molecule has 0 aliphatic rings. The lowest BCUT2D eigenvalue weighted by Gasteiger charge is -2.08. The predicted octanol–water partition coefficient (Wildman–Crippen LogP) is 4.28. The van der Waals surface area contributed by atoms with Gasteiger partial charge in [-0.25, -0.2) is 8.42 Å². The summed E-state index contributed by atoms with van der Waals surface area (Å²) < 4.78 is 24.6. The Kier molecular flexibility index (Phi) is 4.19. The molecule has 0 radical (unpaired) electrons. The Balaban J connectivity index is 2.39. The first-order valence-corrected chi connectivity index (χ1v) is 8.03. The van der Waals surface area contributed by atoms with E-state index in [1.165, 1.54) is 0 Å². The van der Waals surface area contributed by atoms with Crippen molar-refractivity contribution < 1.29 is 8.42 Å². The molecule has 0 heterocycles. The maximum atomic E-state index is 12.3. The smallest absolute Gasteiger partial charge is 0.182 e. The van der Waals surface area contributed by atoms with Crippen molar-refractivity contribution in [3.8, 4) is 0 Å². The summed E-state index contributed by atoms with van der Waals surface area (Å²) in [6, 6.07) is 11.7. The molecule has 0 N–H and O–H groups in total. The van der Waals surface area contributed by atoms with Crippen LogP contribution in [0.4, 0.5) is 0 Å². The van der Waals surface area contributed by atoms with Crippen LogP contribution in [0, 0.1) is 6.92 Å². The molecule has 0 saturated carbocycles. The van der Waals surface area contributed by atoms with Crippen molar-refractivity contribution in [2.75, 3.05) is 0 Å². The Morgan fingerprint density at radius 3 is 2.00 bits per heavy atom. The van der Waals surface area contributed by atoms with Gasteiger partial charge in [-0.05, 0) is 31.2 Å². The quantitative estimate of drug-likeness (QED) is 0.847. The van der Waals surface area contributed by atoms with E-state index in [1.807, 2.05) is 6.92 Å². The largest absolute Gasteiger partial charge is 0.223 e. The van der Waals surface area contributed by atoms with Gasteiger partial charge < -0.3 is 0 Å². The van der Waals surface area contributed by atoms with Gasteiger partial charge in [0.15, 0.2) is 9.84 Å². The number of hydrogen-bond donors (Lipinski definition) is 0. The average molecular weight is 315 g/mol. The third kappa shape index (κ3) is 3.30. The van der Waals surface area contributed by atoms with Crippen molar-refractivity contribution in [2.45, 2.75) is 17.6 Å². The Bertz CT molecular complexity index is 672. The van der Waals surface area contributed by atoms with E-state index in [2.05, 4.69) is 0 Å². The van der Waals surface area contributed by atoms with Crippen molar-refractivity contribution in [1.82, 2.24) is 0 Å². The van der Waals surface area contributed by atoms with Crippen molar-refractivity contribution in [3.63, 3.8) is 0 Å². The van der Waals surface area contributed by atoms with Gasteiger partial charge >= 0.3 is 0 Å². The van der Waals surface area contributed by atoms with Gasteiger partial charge in [0.1, 0.15) is 0 Å². The molecule has 0 bridgehead atoms. The van der Waals surface area contributed by atoms with Crippen LogP contribution in [0.25, 0.3) is 0 Å². The summed E-state index contributed by atoms with van der Waals surface area (Å²) in [5.74, 6) is -0.200. The predicted molar refractivity (Wildman–Crippen MR) is 78.5 cm³/mol. The molecule has 0 saturated heterocycles. The number of halogens is 2. The molecule has 0 atom stereocenters. The van der Waals surface area contributed by atoms with Crippen LogP contribution in [0.2, 0.25) is 10.0 Å². The van der Waals surface area contributed by atoms with Crippen molar-refractivity contribution in [2.24, 2.45) is 0 Å². The topological polar surface area (TPSA) is 34.1 Å². The van der Waals surface area contributed by atoms with Crippen LogP contribution in [-0.4, -0.2) is 8.42 Å². The van der Waals surface area contributed by atoms with Crippen LogP contribution in [-0.2, 0) is 15.6 Å². The van der Waals surface area contributed by atoms with Crippen LogP contribution >= 0.6 is 23.2 Å². The molecule has 0 aliphatic heterocycles. The fraction of sp³-hybridized carbons (Fsp3) is 0.143. The first-order chi connectivity index (χ1) is 8.90. The number of hydrogen-bond acceptors (Lipinski definition) is 2. The summed E-state index contributed by atoms with van der Waals surface area (Å²) >= 11 is 12.0. The first kappa shape index (κ1) is 14.4. The van der Waals surface area contributed by atoms with E-state index in [0.29, 0.717) is 15.6 Å². The van der Waals surface area contributed by atoms with Gasteiger partial charge in [0.2, 0.25) is 0 Å². The lowest BCUT2D eigenvalue weighted by molar-refractivity contribution is 0.595. The summed E-state index contributed by atoms with van der Waals surface area (Å²) in [6.45, 7) is 1.90. The van der Waals surface area contributed by atoms with E-state index in [0.717, 1.165) is 5.56 Å². The second-order valence-electron chi connectivity index (χ2n) is 4.27. The fourth-order valence-electron chi connectivity index (χ4n) is 1.69. The molecule has 0 aliphatic carbocycles. The van der Waals surface area contributed by atoms with Gasteiger partial charge in [-0.1, -0.05) is 47.0 Å². The van der Waals surface area contributed by atoms with E-state index in [4.69, 9.17) is 23.2 Å². The summed E-state index contributed by atoms with van der Waals surface area (Å²) in [7, 11) is -3.44. The highest BCUT2D eigenvalue weighted by molar-refractivity contribution is 7.90. The monoisotopic (exact) mass is 314 g/mol. The van der Waals surface area contributed by atoms with E-state index in [9.17, 15) is 8.42 Å². The molecule has 2 aromatic rings. The molecular weight excluding hydrogens is 303 g/mol. The molecule has 0 unspecified atom stereocenters. The van der Waals surface area contributed by atoms with Crippen LogP contribution in [0.15, 0.2) is 47.4 Å². The van der Waals surface area contributed by atoms with Gasteiger partial charge in [0.25, 0.3) is 0 Å². The molecule has 2 nitrogen and oxygen atoms in total. The SMILES string of the molecule is Cc1ccc(S(=O)(=O)Cc2c(Cl)cccc2Cl)cc1. The van der Waals surface area contributed by atoms with E-state index in [-0.39, 0.29) is 10.6 Å². The standard InChI is InChI=1S/C14H12Cl2O2S/c1-10-5-7-11(8-6-10)19(17,18)9-12-13(15)3-2-4-14(12)16/h2-8H,9H2,1H3. The molecule has 19 heavy (non-hydrogen) atoms. The zero-order valence-electron chi connectivity index (χ0n) is 10.2. The summed E-state index contributed by atoms with van der Waals surface area (Å²) in [6.07, 6.45) is 0. The molecule has 0 spiro atoms. The van der Waals surface area contributed by atoms with Gasteiger partial charge in [-0.15, -0.1) is 0 Å². The summed E-state index contributed by atoms with van der Waals surface area (Å²) in [4.78, 5) is 0.272. The minimum absolute atomic E-state index is 0.200. The molecular formula is C14H12Cl2O2S. The highest BCUT2D eigenvalue weighted by atomic mass is 35.5. The van der Waals surface area contributed by atoms with Crippen LogP contribution in [0.5, 0.6) is 0 Å². The number of aryl methyl sites for hydroxylation is 1. The number of sulfone groups is 1. The molecule has 0 amide bonds. The normalized spacial score (nSPS) is 11.5. The second kappa shape index (κ2) is 5.53. The zero-order chi connectivity index (χ0) is 14.0. The lowest BCUT2D eigenvalue weighted by atomic mass is 10.2. The average Bonchev–Trinajstić information content (AvgIpc) is 2.35. The fourth-order valence-corrected chi connectivity index (χ4v) is 3.79. The minimum atomic E-state index is -3.44. The summed E-state index contributed by atoms with van der Waals surface area (Å²) in [5, 5.41) is 0.728. The number of benzene rings is 2. The Morgan fingerprint density at radius 1 is 0.947 bits per heavy atom. The maximum Gasteiger partial charge on any atom is 0.182 e. The number of rotatable bonds is 3. The molecule has 0 fully saturated rings. The lowest BCUT2D eigenvalue weighted by Crippen LogP contribution is -2.06. The van der Waals surface area contributed by atoms with Crippen LogP contribution in [0.1, 0.15) is 11.1 Å². The van der Waals surface area contributed by atoms with E-state index in [1.54, 1.807) is 42.5 Å².